The fourth-order valence-corrected chi connectivity index (χ4v) is 3.43. The van der Waals surface area contributed by atoms with Gasteiger partial charge in [-0.05, 0) is 50.6 Å². The van der Waals surface area contributed by atoms with Crippen molar-refractivity contribution in [2.24, 2.45) is 0 Å². The first kappa shape index (κ1) is 18.9. The Labute approximate surface area is 166 Å². The summed E-state index contributed by atoms with van der Waals surface area (Å²) in [6.45, 7) is 4.94. The fourth-order valence-electron chi connectivity index (χ4n) is 3.43. The smallest absolute Gasteiger partial charge is 0.374 e. The third kappa shape index (κ3) is 3.63. The highest BCUT2D eigenvalue weighted by Crippen LogP contribution is 2.29. The Morgan fingerprint density at radius 2 is 2.03 bits per heavy atom. The second kappa shape index (κ2) is 7.87. The molecule has 0 unspecified atom stereocenters. The number of imidazole rings is 1. The van der Waals surface area contributed by atoms with Crippen LogP contribution in [-0.2, 0) is 11.3 Å². The number of H-pyrrole nitrogens is 1. The lowest BCUT2D eigenvalue weighted by atomic mass is 10.1. The van der Waals surface area contributed by atoms with Gasteiger partial charge in [0.05, 0.1) is 24.2 Å². The highest BCUT2D eigenvalue weighted by atomic mass is 16.5. The van der Waals surface area contributed by atoms with E-state index in [9.17, 15) is 9.59 Å². The van der Waals surface area contributed by atoms with Crippen LogP contribution in [0, 0.1) is 6.92 Å². The zero-order chi connectivity index (χ0) is 20.4. The Morgan fingerprint density at radius 1 is 1.21 bits per heavy atom. The quantitative estimate of drug-likeness (QED) is 0.378. The Hall–Kier alpha value is -3.48. The average Bonchev–Trinajstić information content (AvgIpc) is 3.22. The first-order valence-electron chi connectivity index (χ1n) is 9.59. The number of para-hydroxylation sites is 2. The normalized spacial score (nSPS) is 11.2. The second-order valence-corrected chi connectivity index (χ2v) is 6.74. The SMILES string of the molecule is CCOc1ccc2oc(C(=O)OCCCn3c(=O)[nH]c4ccccc43)c(C)c2c1. The van der Waals surface area contributed by atoms with E-state index in [1.165, 1.54) is 0 Å². The van der Waals surface area contributed by atoms with Crippen molar-refractivity contribution >= 4 is 28.0 Å². The fraction of sp³-hybridized carbons (Fsp3) is 0.273. The minimum Gasteiger partial charge on any atom is -0.494 e. The standard InChI is InChI=1S/C22H22N2O5/c1-3-27-15-9-10-19-16(13-15)14(2)20(29-19)21(25)28-12-6-11-24-18-8-5-4-7-17(18)23-22(24)26/h4-5,7-10,13H,3,6,11-12H2,1-2H3,(H,23,26). The highest BCUT2D eigenvalue weighted by Gasteiger charge is 2.19. The molecule has 2 heterocycles. The van der Waals surface area contributed by atoms with Crippen molar-refractivity contribution in [3.8, 4) is 5.75 Å². The maximum Gasteiger partial charge on any atom is 0.374 e. The van der Waals surface area contributed by atoms with Crippen LogP contribution in [0.2, 0.25) is 0 Å². The number of furan rings is 1. The first-order chi connectivity index (χ1) is 14.1. The molecule has 0 amide bonds. The molecule has 0 atom stereocenters. The van der Waals surface area contributed by atoms with E-state index < -0.39 is 5.97 Å². The maximum absolute atomic E-state index is 12.5. The Balaban J connectivity index is 1.41. The molecule has 0 radical (unpaired) electrons. The first-order valence-corrected chi connectivity index (χ1v) is 9.59. The number of aromatic nitrogens is 2. The molecule has 150 valence electrons. The van der Waals surface area contributed by atoms with Gasteiger partial charge in [0.25, 0.3) is 0 Å². The summed E-state index contributed by atoms with van der Waals surface area (Å²) in [6, 6.07) is 12.9. The number of carbonyl (C=O) groups excluding carboxylic acids is 1. The molecule has 0 bridgehead atoms. The Kier molecular flexibility index (Phi) is 5.12. The molecular weight excluding hydrogens is 372 g/mol. The van der Waals surface area contributed by atoms with E-state index in [0.717, 1.165) is 27.7 Å². The molecule has 0 aliphatic carbocycles. The summed E-state index contributed by atoms with van der Waals surface area (Å²) in [5, 5.41) is 0.827. The lowest BCUT2D eigenvalue weighted by molar-refractivity contribution is 0.0461. The van der Waals surface area contributed by atoms with E-state index in [2.05, 4.69) is 4.98 Å². The minimum absolute atomic E-state index is 0.171. The average molecular weight is 394 g/mol. The van der Waals surface area contributed by atoms with Gasteiger partial charge in [0.2, 0.25) is 5.76 Å². The lowest BCUT2D eigenvalue weighted by Gasteiger charge is -2.05. The number of hydrogen-bond donors (Lipinski definition) is 1. The van der Waals surface area contributed by atoms with Gasteiger partial charge < -0.3 is 18.9 Å². The molecule has 1 N–H and O–H groups in total. The van der Waals surface area contributed by atoms with Gasteiger partial charge in [-0.3, -0.25) is 4.57 Å². The summed E-state index contributed by atoms with van der Waals surface area (Å²) in [5.41, 5.74) is 2.79. The van der Waals surface area contributed by atoms with Crippen molar-refractivity contribution in [2.45, 2.75) is 26.8 Å². The van der Waals surface area contributed by atoms with Gasteiger partial charge in [-0.2, -0.15) is 0 Å². The van der Waals surface area contributed by atoms with Gasteiger partial charge in [0.15, 0.2) is 0 Å². The third-order valence-electron chi connectivity index (χ3n) is 4.84. The number of esters is 1. The molecule has 0 aliphatic rings. The molecule has 2 aromatic carbocycles. The number of hydrogen-bond acceptors (Lipinski definition) is 5. The topological polar surface area (TPSA) is 86.5 Å². The zero-order valence-electron chi connectivity index (χ0n) is 16.4. The molecule has 29 heavy (non-hydrogen) atoms. The van der Waals surface area contributed by atoms with Gasteiger partial charge in [-0.25, -0.2) is 9.59 Å². The molecule has 4 rings (SSSR count). The molecule has 0 fully saturated rings. The second-order valence-electron chi connectivity index (χ2n) is 6.74. The summed E-state index contributed by atoms with van der Waals surface area (Å²) < 4.78 is 18.2. The van der Waals surface area contributed by atoms with Gasteiger partial charge in [-0.1, -0.05) is 12.1 Å². The molecule has 0 aliphatic heterocycles. The number of nitrogens with zero attached hydrogens (tertiary/aromatic N) is 1. The monoisotopic (exact) mass is 394 g/mol. The minimum atomic E-state index is -0.511. The van der Waals surface area contributed by atoms with E-state index in [1.54, 1.807) is 10.6 Å². The van der Waals surface area contributed by atoms with Crippen LogP contribution in [0.15, 0.2) is 51.7 Å². The predicted molar refractivity (Wildman–Crippen MR) is 110 cm³/mol. The number of fused-ring (bicyclic) bond motifs is 2. The van der Waals surface area contributed by atoms with E-state index in [1.807, 2.05) is 50.2 Å². The summed E-state index contributed by atoms with van der Waals surface area (Å²) in [5.74, 6) is 0.411. The lowest BCUT2D eigenvalue weighted by Crippen LogP contribution is -2.18. The van der Waals surface area contributed by atoms with E-state index >= 15 is 0 Å². The highest BCUT2D eigenvalue weighted by molar-refractivity contribution is 5.96. The molecule has 0 saturated carbocycles. The van der Waals surface area contributed by atoms with Crippen molar-refractivity contribution in [2.75, 3.05) is 13.2 Å². The van der Waals surface area contributed by atoms with Crippen molar-refractivity contribution in [3.63, 3.8) is 0 Å². The molecule has 0 spiro atoms. The number of aromatic amines is 1. The van der Waals surface area contributed by atoms with Crippen LogP contribution in [0.5, 0.6) is 5.75 Å². The van der Waals surface area contributed by atoms with E-state index in [-0.39, 0.29) is 18.1 Å². The number of ether oxygens (including phenoxy) is 2. The number of carbonyl (C=O) groups is 1. The molecule has 7 nitrogen and oxygen atoms in total. The van der Waals surface area contributed by atoms with Crippen LogP contribution in [0.3, 0.4) is 0 Å². The summed E-state index contributed by atoms with van der Waals surface area (Å²) in [4.78, 5) is 27.4. The molecule has 0 saturated heterocycles. The number of benzene rings is 2. The predicted octanol–water partition coefficient (Wildman–Crippen LogP) is 4.03. The van der Waals surface area contributed by atoms with Gasteiger partial charge in [0.1, 0.15) is 11.3 Å². The van der Waals surface area contributed by atoms with Crippen LogP contribution in [-0.4, -0.2) is 28.7 Å². The van der Waals surface area contributed by atoms with Crippen LogP contribution in [0.25, 0.3) is 22.0 Å². The summed E-state index contributed by atoms with van der Waals surface area (Å²) in [6.07, 6.45) is 0.515. The molecule has 7 heteroatoms. The number of rotatable bonds is 7. The molecule has 2 aromatic heterocycles. The zero-order valence-corrected chi connectivity index (χ0v) is 16.4. The van der Waals surface area contributed by atoms with Gasteiger partial charge in [0, 0.05) is 17.5 Å². The Morgan fingerprint density at radius 3 is 2.86 bits per heavy atom. The van der Waals surface area contributed by atoms with Crippen LogP contribution < -0.4 is 10.4 Å². The third-order valence-corrected chi connectivity index (χ3v) is 4.84. The molecule has 4 aromatic rings. The van der Waals surface area contributed by atoms with Crippen molar-refractivity contribution in [1.29, 1.82) is 0 Å². The van der Waals surface area contributed by atoms with Crippen LogP contribution >= 0.6 is 0 Å². The van der Waals surface area contributed by atoms with Crippen LogP contribution in [0.4, 0.5) is 0 Å². The van der Waals surface area contributed by atoms with E-state index in [0.29, 0.717) is 25.2 Å². The van der Waals surface area contributed by atoms with E-state index in [4.69, 9.17) is 13.9 Å². The summed E-state index contributed by atoms with van der Waals surface area (Å²) >= 11 is 0. The number of nitrogens with one attached hydrogen (secondary N) is 1. The number of aryl methyl sites for hydroxylation is 2. The van der Waals surface area contributed by atoms with Crippen LogP contribution in [0.1, 0.15) is 29.5 Å². The Bertz CT molecular complexity index is 1230. The van der Waals surface area contributed by atoms with Crippen molar-refractivity contribution < 1.29 is 18.7 Å². The van der Waals surface area contributed by atoms with Gasteiger partial charge in [-0.15, -0.1) is 0 Å². The molecular formula is C22H22N2O5. The largest absolute Gasteiger partial charge is 0.494 e. The van der Waals surface area contributed by atoms with Crippen molar-refractivity contribution in [3.05, 3.63) is 64.3 Å². The van der Waals surface area contributed by atoms with Gasteiger partial charge >= 0.3 is 11.7 Å². The maximum atomic E-state index is 12.5. The summed E-state index contributed by atoms with van der Waals surface area (Å²) in [7, 11) is 0. The van der Waals surface area contributed by atoms with Crippen molar-refractivity contribution in [1.82, 2.24) is 9.55 Å².